The summed E-state index contributed by atoms with van der Waals surface area (Å²) in [6.07, 6.45) is -4.75. The van der Waals surface area contributed by atoms with Gasteiger partial charge < -0.3 is 15.2 Å². The maximum Gasteiger partial charge on any atom is 0.573 e. The van der Waals surface area contributed by atoms with Gasteiger partial charge in [-0.15, -0.1) is 13.2 Å². The third kappa shape index (κ3) is 3.28. The summed E-state index contributed by atoms with van der Waals surface area (Å²) in [5.41, 5.74) is 5.22. The number of alkyl halides is 3. The fourth-order valence-electron chi connectivity index (χ4n) is 0.946. The van der Waals surface area contributed by atoms with Crippen LogP contribution in [0.5, 0.6) is 11.6 Å². The number of halogens is 3. The number of hydrogen-bond acceptors (Lipinski definition) is 4. The molecule has 1 aromatic heterocycles. The minimum Gasteiger partial charge on any atom is -0.481 e. The topological polar surface area (TPSA) is 57.4 Å². The largest absolute Gasteiger partial charge is 0.573 e. The normalized spacial score (nSPS) is 11.3. The van der Waals surface area contributed by atoms with E-state index in [1.807, 2.05) is 0 Å². The Morgan fingerprint density at radius 2 is 2.07 bits per heavy atom. The summed E-state index contributed by atoms with van der Waals surface area (Å²) in [5.74, 6) is -0.226. The van der Waals surface area contributed by atoms with E-state index in [1.165, 1.54) is 13.2 Å². The van der Waals surface area contributed by atoms with Crippen molar-refractivity contribution >= 4 is 0 Å². The van der Waals surface area contributed by atoms with Crippen molar-refractivity contribution in [2.45, 2.75) is 12.9 Å². The molecule has 7 heteroatoms. The van der Waals surface area contributed by atoms with Gasteiger partial charge in [-0.3, -0.25) is 0 Å². The minimum atomic E-state index is -4.75. The number of ether oxygens (including phenoxy) is 2. The van der Waals surface area contributed by atoms with Crippen molar-refractivity contribution in [1.82, 2.24) is 4.98 Å². The van der Waals surface area contributed by atoms with Crippen LogP contribution in [0.4, 0.5) is 13.2 Å². The van der Waals surface area contributed by atoms with Gasteiger partial charge in [-0.25, -0.2) is 4.98 Å². The lowest BCUT2D eigenvalue weighted by molar-refractivity contribution is -0.275. The molecule has 4 nitrogen and oxygen atoms in total. The highest BCUT2D eigenvalue weighted by Gasteiger charge is 2.32. The average Bonchev–Trinajstić information content (AvgIpc) is 2.16. The van der Waals surface area contributed by atoms with E-state index >= 15 is 0 Å². The van der Waals surface area contributed by atoms with E-state index in [0.717, 1.165) is 6.07 Å². The summed E-state index contributed by atoms with van der Waals surface area (Å²) >= 11 is 0. The summed E-state index contributed by atoms with van der Waals surface area (Å²) in [4.78, 5) is 3.72. The van der Waals surface area contributed by atoms with E-state index in [0.29, 0.717) is 0 Å². The highest BCUT2D eigenvalue weighted by Crippen LogP contribution is 2.26. The first-order chi connectivity index (χ1) is 6.96. The molecule has 0 bridgehead atoms. The molecular weight excluding hydrogens is 213 g/mol. The van der Waals surface area contributed by atoms with Crippen molar-refractivity contribution in [1.29, 1.82) is 0 Å². The van der Waals surface area contributed by atoms with Gasteiger partial charge in [0.2, 0.25) is 5.88 Å². The van der Waals surface area contributed by atoms with Crippen LogP contribution in [0.1, 0.15) is 5.69 Å². The molecular formula is C8H9F3N2O2. The van der Waals surface area contributed by atoms with Crippen LogP contribution >= 0.6 is 0 Å². The minimum absolute atomic E-state index is 0.00771. The van der Waals surface area contributed by atoms with Crippen LogP contribution in [-0.2, 0) is 6.54 Å². The van der Waals surface area contributed by atoms with Crippen molar-refractivity contribution in [2.24, 2.45) is 5.73 Å². The maximum absolute atomic E-state index is 11.9. The quantitative estimate of drug-likeness (QED) is 0.840. The Morgan fingerprint density at radius 3 is 2.53 bits per heavy atom. The lowest BCUT2D eigenvalue weighted by Crippen LogP contribution is -2.19. The molecule has 1 aromatic rings. The molecule has 2 N–H and O–H groups in total. The zero-order valence-corrected chi connectivity index (χ0v) is 7.84. The van der Waals surface area contributed by atoms with Gasteiger partial charge in [0.25, 0.3) is 0 Å². The Morgan fingerprint density at radius 1 is 1.40 bits per heavy atom. The molecule has 0 spiro atoms. The molecule has 1 rings (SSSR count). The van der Waals surface area contributed by atoms with Gasteiger partial charge in [-0.1, -0.05) is 0 Å². The van der Waals surface area contributed by atoms with E-state index in [1.54, 1.807) is 0 Å². The van der Waals surface area contributed by atoms with Crippen LogP contribution in [0.3, 0.4) is 0 Å². The van der Waals surface area contributed by atoms with Gasteiger partial charge in [0, 0.05) is 12.6 Å². The number of methoxy groups -OCH3 is 1. The van der Waals surface area contributed by atoms with Gasteiger partial charge in [-0.05, 0) is 6.07 Å². The van der Waals surface area contributed by atoms with Gasteiger partial charge in [0.05, 0.1) is 7.11 Å². The molecule has 0 saturated carbocycles. The second-order valence-corrected chi connectivity index (χ2v) is 2.55. The second-order valence-electron chi connectivity index (χ2n) is 2.55. The molecule has 84 valence electrons. The number of nitrogens with zero attached hydrogens (tertiary/aromatic N) is 1. The molecule has 0 unspecified atom stereocenters. The van der Waals surface area contributed by atoms with Crippen molar-refractivity contribution in [3.05, 3.63) is 17.8 Å². The third-order valence-electron chi connectivity index (χ3n) is 1.54. The van der Waals surface area contributed by atoms with Gasteiger partial charge in [-0.2, -0.15) is 0 Å². The Kier molecular flexibility index (Phi) is 3.35. The SMILES string of the molecule is COc1ccc(OC(F)(F)F)c(CN)n1. The van der Waals surface area contributed by atoms with E-state index in [9.17, 15) is 13.2 Å². The molecule has 0 atom stereocenters. The van der Waals surface area contributed by atoms with Gasteiger partial charge in [0.1, 0.15) is 5.69 Å². The number of hydrogen-bond donors (Lipinski definition) is 1. The first-order valence-electron chi connectivity index (χ1n) is 3.96. The summed E-state index contributed by atoms with van der Waals surface area (Å²) in [7, 11) is 1.35. The molecule has 0 radical (unpaired) electrons. The van der Waals surface area contributed by atoms with Crippen molar-refractivity contribution < 1.29 is 22.6 Å². The highest BCUT2D eigenvalue weighted by atomic mass is 19.4. The average molecular weight is 222 g/mol. The van der Waals surface area contributed by atoms with Crippen molar-refractivity contribution in [2.75, 3.05) is 7.11 Å². The second kappa shape index (κ2) is 4.35. The number of pyridine rings is 1. The smallest absolute Gasteiger partial charge is 0.481 e. The molecule has 0 aliphatic carbocycles. The summed E-state index contributed by atoms with van der Waals surface area (Å²) in [5, 5.41) is 0. The zero-order chi connectivity index (χ0) is 11.5. The zero-order valence-electron chi connectivity index (χ0n) is 7.84. The Bertz CT molecular complexity index is 341. The highest BCUT2D eigenvalue weighted by molar-refractivity contribution is 5.31. The summed E-state index contributed by atoms with van der Waals surface area (Å²) < 4.78 is 44.2. The van der Waals surface area contributed by atoms with Crippen LogP contribution in [0.15, 0.2) is 12.1 Å². The van der Waals surface area contributed by atoms with Gasteiger partial charge >= 0.3 is 6.36 Å². The van der Waals surface area contributed by atoms with Gasteiger partial charge in [0.15, 0.2) is 5.75 Å². The van der Waals surface area contributed by atoms with E-state index in [4.69, 9.17) is 10.5 Å². The van der Waals surface area contributed by atoms with Crippen LogP contribution < -0.4 is 15.2 Å². The molecule has 0 amide bonds. The predicted molar refractivity (Wildman–Crippen MR) is 45.4 cm³/mol. The van der Waals surface area contributed by atoms with Crippen LogP contribution in [0, 0.1) is 0 Å². The first-order valence-corrected chi connectivity index (χ1v) is 3.96. The number of nitrogens with two attached hydrogens (primary N) is 1. The molecule has 0 aliphatic heterocycles. The fraction of sp³-hybridized carbons (Fsp3) is 0.375. The summed E-state index contributed by atoms with van der Waals surface area (Å²) in [6, 6.07) is 2.38. The third-order valence-corrected chi connectivity index (χ3v) is 1.54. The Balaban J connectivity index is 2.97. The standard InChI is InChI=1S/C8H9F3N2O2/c1-14-7-3-2-6(5(4-12)13-7)15-8(9,10)11/h2-3H,4,12H2,1H3. The van der Waals surface area contributed by atoms with E-state index < -0.39 is 12.1 Å². The lowest BCUT2D eigenvalue weighted by Gasteiger charge is -2.12. The monoisotopic (exact) mass is 222 g/mol. The lowest BCUT2D eigenvalue weighted by atomic mass is 10.3. The molecule has 0 aliphatic rings. The van der Waals surface area contributed by atoms with Crippen LogP contribution in [-0.4, -0.2) is 18.5 Å². The number of rotatable bonds is 3. The van der Waals surface area contributed by atoms with Crippen LogP contribution in [0.25, 0.3) is 0 Å². The molecule has 0 aromatic carbocycles. The van der Waals surface area contributed by atoms with E-state index in [2.05, 4.69) is 9.72 Å². The first kappa shape index (κ1) is 11.6. The Hall–Kier alpha value is -1.50. The Labute approximate surface area is 83.8 Å². The molecule has 0 fully saturated rings. The van der Waals surface area contributed by atoms with E-state index in [-0.39, 0.29) is 18.1 Å². The molecule has 0 saturated heterocycles. The maximum atomic E-state index is 11.9. The van der Waals surface area contributed by atoms with Crippen molar-refractivity contribution in [3.8, 4) is 11.6 Å². The van der Waals surface area contributed by atoms with Crippen molar-refractivity contribution in [3.63, 3.8) is 0 Å². The molecule has 1 heterocycles. The number of aromatic nitrogens is 1. The fourth-order valence-corrected chi connectivity index (χ4v) is 0.946. The predicted octanol–water partition coefficient (Wildman–Crippen LogP) is 1.45. The molecule has 15 heavy (non-hydrogen) atoms. The van der Waals surface area contributed by atoms with Crippen LogP contribution in [0.2, 0.25) is 0 Å². The summed E-state index contributed by atoms with van der Waals surface area (Å²) in [6.45, 7) is -0.164.